The maximum atomic E-state index is 15.4. The number of imide groups is 2. The topological polar surface area (TPSA) is 120 Å². The van der Waals surface area contributed by atoms with E-state index in [9.17, 15) is 32.7 Å². The van der Waals surface area contributed by atoms with Crippen LogP contribution in [0.3, 0.4) is 0 Å². The highest BCUT2D eigenvalue weighted by atomic mass is 35.5. The molecule has 15 heteroatoms. The largest absolute Gasteiger partial charge is 0.504 e. The third kappa shape index (κ3) is 5.49. The number of hydrazine groups is 1. The van der Waals surface area contributed by atoms with Gasteiger partial charge in [0.1, 0.15) is 5.69 Å². The first-order valence-corrected chi connectivity index (χ1v) is 18.7. The van der Waals surface area contributed by atoms with Crippen LogP contribution >= 0.6 is 23.2 Å². The molecule has 1 aromatic heterocycles. The molecule has 4 aromatic rings. The Balaban J connectivity index is 1.32. The predicted octanol–water partition coefficient (Wildman–Crippen LogP) is 7.73. The van der Waals surface area contributed by atoms with Crippen molar-refractivity contribution in [3.8, 4) is 11.5 Å². The standard InChI is InChI=1S/C41H33Cl2F3N4O6/c1-3-56-30-14-8-13-26(34(30)51)33-24-15-16-25-32(38(54)50(36(25)52)48(2)35-29(43)17-18-31(47-35)41(44,45)46)27(24)20-28-37(53)49(23-12-7-11-22(42)19-23)39(55)40(28,33)21-9-5-4-6-10-21/h4-15,17-19,25,27-28,32-33,51H,3,16,20H2,1-2H3. The normalized spacial score (nSPS) is 25.8. The third-order valence-corrected chi connectivity index (χ3v) is 12.0. The highest BCUT2D eigenvalue weighted by Gasteiger charge is 2.70. The van der Waals surface area contributed by atoms with Gasteiger partial charge in [-0.3, -0.25) is 24.2 Å². The van der Waals surface area contributed by atoms with Gasteiger partial charge >= 0.3 is 6.18 Å². The molecule has 4 aliphatic rings. The highest BCUT2D eigenvalue weighted by molar-refractivity contribution is 6.33. The van der Waals surface area contributed by atoms with E-state index in [-0.39, 0.29) is 47.2 Å². The molecule has 3 heterocycles. The number of hydrogen-bond donors (Lipinski definition) is 1. The van der Waals surface area contributed by atoms with E-state index in [1.54, 1.807) is 79.7 Å². The molecule has 3 fully saturated rings. The quantitative estimate of drug-likeness (QED) is 0.149. The molecule has 56 heavy (non-hydrogen) atoms. The number of allylic oxidation sites excluding steroid dienone is 2. The van der Waals surface area contributed by atoms with E-state index in [0.29, 0.717) is 22.2 Å². The number of pyridine rings is 1. The molecule has 0 spiro atoms. The van der Waals surface area contributed by atoms with Crippen LogP contribution in [0.2, 0.25) is 10.0 Å². The zero-order chi connectivity index (χ0) is 39.8. The Morgan fingerprint density at radius 3 is 2.36 bits per heavy atom. The minimum absolute atomic E-state index is 0.0211. The van der Waals surface area contributed by atoms with E-state index in [1.165, 1.54) is 13.1 Å². The summed E-state index contributed by atoms with van der Waals surface area (Å²) in [6, 6.07) is 21.8. The van der Waals surface area contributed by atoms with Crippen LogP contribution in [0.1, 0.15) is 42.5 Å². The number of carbonyl (C=O) groups is 4. The molecule has 288 valence electrons. The monoisotopic (exact) mass is 804 g/mol. The summed E-state index contributed by atoms with van der Waals surface area (Å²) in [5.74, 6) is -8.13. The number of amides is 4. The van der Waals surface area contributed by atoms with Crippen molar-refractivity contribution in [3.05, 3.63) is 123 Å². The molecule has 0 radical (unpaired) electrons. The Bertz CT molecular complexity index is 2340. The second-order valence-electron chi connectivity index (χ2n) is 14.2. The molecule has 2 saturated heterocycles. The Morgan fingerprint density at radius 1 is 0.929 bits per heavy atom. The average molecular weight is 806 g/mol. The Hall–Kier alpha value is -5.40. The summed E-state index contributed by atoms with van der Waals surface area (Å²) < 4.78 is 46.9. The van der Waals surface area contributed by atoms with Crippen LogP contribution in [0.25, 0.3) is 0 Å². The lowest BCUT2D eigenvalue weighted by Gasteiger charge is -2.50. The van der Waals surface area contributed by atoms with Crippen molar-refractivity contribution < 1.29 is 42.2 Å². The number of alkyl halides is 3. The summed E-state index contributed by atoms with van der Waals surface area (Å²) in [7, 11) is 1.24. The fourth-order valence-corrected chi connectivity index (χ4v) is 9.73. The number of carbonyl (C=O) groups excluding carboxylic acids is 4. The number of anilines is 2. The summed E-state index contributed by atoms with van der Waals surface area (Å²) in [5.41, 5.74) is -1.34. The summed E-state index contributed by atoms with van der Waals surface area (Å²) in [5, 5.41) is 13.7. The molecular formula is C41H33Cl2F3N4O6. The molecular weight excluding hydrogens is 772 g/mol. The highest BCUT2D eigenvalue weighted by Crippen LogP contribution is 2.65. The van der Waals surface area contributed by atoms with Gasteiger partial charge in [0.15, 0.2) is 17.3 Å². The minimum atomic E-state index is -4.83. The zero-order valence-corrected chi connectivity index (χ0v) is 31.3. The molecule has 2 aliphatic carbocycles. The van der Waals surface area contributed by atoms with Gasteiger partial charge in [0.25, 0.3) is 11.8 Å². The van der Waals surface area contributed by atoms with Crippen molar-refractivity contribution in [3.63, 3.8) is 0 Å². The van der Waals surface area contributed by atoms with Crippen molar-refractivity contribution in [2.75, 3.05) is 23.6 Å². The van der Waals surface area contributed by atoms with Gasteiger partial charge in [-0.15, -0.1) is 0 Å². The van der Waals surface area contributed by atoms with Gasteiger partial charge in [0.2, 0.25) is 11.8 Å². The zero-order valence-electron chi connectivity index (χ0n) is 29.8. The summed E-state index contributed by atoms with van der Waals surface area (Å²) >= 11 is 12.7. The Labute approximate surface area is 329 Å². The predicted molar refractivity (Wildman–Crippen MR) is 200 cm³/mol. The number of halogens is 5. The first-order chi connectivity index (χ1) is 26.7. The van der Waals surface area contributed by atoms with Crippen LogP contribution in [0, 0.1) is 23.7 Å². The Kier molecular flexibility index (Phi) is 9.15. The lowest BCUT2D eigenvalue weighted by Crippen LogP contribution is -2.53. The van der Waals surface area contributed by atoms with Gasteiger partial charge in [-0.1, -0.05) is 83.4 Å². The second-order valence-corrected chi connectivity index (χ2v) is 15.1. The SMILES string of the molecule is CCOc1cccc(C2C3=CCC4C(=O)N(N(C)c5nc(C(F)(F)F)ccc5Cl)C(=O)C4C3CC3C(=O)N(c4cccc(Cl)c4)C(=O)C32c2ccccc2)c1O. The number of phenols is 1. The maximum Gasteiger partial charge on any atom is 0.433 e. The Morgan fingerprint density at radius 2 is 1.66 bits per heavy atom. The van der Waals surface area contributed by atoms with Crippen LogP contribution in [-0.2, 0) is 30.8 Å². The van der Waals surface area contributed by atoms with Crippen molar-refractivity contribution >= 4 is 58.3 Å². The van der Waals surface area contributed by atoms with Crippen LogP contribution < -0.4 is 14.6 Å². The summed E-state index contributed by atoms with van der Waals surface area (Å²) in [6.07, 6.45) is -3.06. The molecule has 2 aliphatic heterocycles. The molecule has 1 N–H and O–H groups in total. The number of para-hydroxylation sites is 1. The molecule has 4 amide bonds. The van der Waals surface area contributed by atoms with Gasteiger partial charge in [0, 0.05) is 23.6 Å². The molecule has 6 unspecified atom stereocenters. The van der Waals surface area contributed by atoms with E-state index in [1.807, 2.05) is 0 Å². The fourth-order valence-electron chi connectivity index (χ4n) is 9.32. The second kappa shape index (κ2) is 13.7. The van der Waals surface area contributed by atoms with E-state index in [0.717, 1.165) is 21.0 Å². The van der Waals surface area contributed by atoms with Crippen LogP contribution in [0.4, 0.5) is 24.7 Å². The van der Waals surface area contributed by atoms with Gasteiger partial charge < -0.3 is 9.84 Å². The summed E-state index contributed by atoms with van der Waals surface area (Å²) in [4.78, 5) is 64.0. The van der Waals surface area contributed by atoms with Gasteiger partial charge in [-0.2, -0.15) is 18.2 Å². The number of rotatable bonds is 7. The van der Waals surface area contributed by atoms with E-state index >= 15 is 4.79 Å². The maximum absolute atomic E-state index is 15.4. The van der Waals surface area contributed by atoms with Gasteiger partial charge in [-0.05, 0) is 67.6 Å². The number of aromatic nitrogens is 1. The van der Waals surface area contributed by atoms with Crippen molar-refractivity contribution in [2.24, 2.45) is 23.7 Å². The molecule has 3 aromatic carbocycles. The van der Waals surface area contributed by atoms with Crippen LogP contribution in [0.5, 0.6) is 11.5 Å². The first kappa shape index (κ1) is 37.5. The molecule has 10 nitrogen and oxygen atoms in total. The molecule has 1 saturated carbocycles. The third-order valence-electron chi connectivity index (χ3n) is 11.5. The van der Waals surface area contributed by atoms with E-state index < -0.39 is 76.3 Å². The van der Waals surface area contributed by atoms with Crippen molar-refractivity contribution in [1.82, 2.24) is 9.99 Å². The molecule has 0 bridgehead atoms. The summed E-state index contributed by atoms with van der Waals surface area (Å²) in [6.45, 7) is 1.97. The van der Waals surface area contributed by atoms with Crippen molar-refractivity contribution in [1.29, 1.82) is 0 Å². The van der Waals surface area contributed by atoms with Crippen LogP contribution in [0.15, 0.2) is 96.6 Å². The number of phenolic OH excluding ortho intramolecular Hbond substituents is 1. The first-order valence-electron chi connectivity index (χ1n) is 17.9. The number of ether oxygens (including phenoxy) is 1. The minimum Gasteiger partial charge on any atom is -0.504 e. The number of benzene rings is 3. The van der Waals surface area contributed by atoms with Crippen LogP contribution in [-0.4, -0.2) is 52.4 Å². The smallest absolute Gasteiger partial charge is 0.433 e. The van der Waals surface area contributed by atoms with E-state index in [4.69, 9.17) is 27.9 Å². The van der Waals surface area contributed by atoms with E-state index in [2.05, 4.69) is 4.98 Å². The fraction of sp³-hybridized carbons (Fsp3) is 0.293. The number of aromatic hydroxyl groups is 1. The number of fused-ring (bicyclic) bond motifs is 4. The van der Waals surface area contributed by atoms with Crippen molar-refractivity contribution in [2.45, 2.75) is 37.3 Å². The van der Waals surface area contributed by atoms with Gasteiger partial charge in [0.05, 0.1) is 40.5 Å². The molecule has 6 atom stereocenters. The van der Waals surface area contributed by atoms with Gasteiger partial charge in [-0.25, -0.2) is 9.88 Å². The number of hydrogen-bond acceptors (Lipinski definition) is 8. The molecule has 8 rings (SSSR count). The number of nitrogens with zero attached hydrogens (tertiary/aromatic N) is 4. The lowest BCUT2D eigenvalue weighted by atomic mass is 9.49. The average Bonchev–Trinajstić information content (AvgIpc) is 3.56. The lowest BCUT2D eigenvalue weighted by molar-refractivity contribution is -0.141.